The lowest BCUT2D eigenvalue weighted by Crippen LogP contribution is -2.39. The maximum Gasteiger partial charge on any atom is 0.191 e. The number of hydrogen-bond donors (Lipinski definition) is 2. The fraction of sp³-hybridized carbons (Fsp3) is 0.462. The van der Waals surface area contributed by atoms with Gasteiger partial charge in [-0.2, -0.15) is 11.8 Å². The summed E-state index contributed by atoms with van der Waals surface area (Å²) in [6.45, 7) is 1.40. The first-order valence-corrected chi connectivity index (χ1v) is 7.43. The highest BCUT2D eigenvalue weighted by atomic mass is 127. The molecular formula is C13H20F2IN3S. The zero-order chi connectivity index (χ0) is 14.1. The van der Waals surface area contributed by atoms with Crippen molar-refractivity contribution in [1.82, 2.24) is 10.6 Å². The Kier molecular flexibility index (Phi) is 10.8. The fourth-order valence-corrected chi connectivity index (χ4v) is 1.88. The standard InChI is InChI=1S/C13H19F2N3S.HI/c1-16-13(18-5-6-19-2)17-4-3-10-7-11(14)9-12(15)8-10;/h7-9H,3-6H2,1-2H3,(H2,16,17,18);1H. The van der Waals surface area contributed by atoms with Gasteiger partial charge in [-0.1, -0.05) is 0 Å². The summed E-state index contributed by atoms with van der Waals surface area (Å²) in [6, 6.07) is 3.56. The van der Waals surface area contributed by atoms with Gasteiger partial charge in [0.2, 0.25) is 0 Å². The average Bonchev–Trinajstić information content (AvgIpc) is 2.36. The summed E-state index contributed by atoms with van der Waals surface area (Å²) >= 11 is 1.75. The third kappa shape index (κ3) is 7.88. The second-order valence-electron chi connectivity index (χ2n) is 3.95. The summed E-state index contributed by atoms with van der Waals surface area (Å²) in [5.41, 5.74) is 0.629. The number of halogens is 3. The summed E-state index contributed by atoms with van der Waals surface area (Å²) in [4.78, 5) is 4.06. The van der Waals surface area contributed by atoms with Crippen molar-refractivity contribution in [3.63, 3.8) is 0 Å². The molecule has 0 aliphatic carbocycles. The first-order chi connectivity index (χ1) is 9.15. The molecule has 0 radical (unpaired) electrons. The van der Waals surface area contributed by atoms with Crippen LogP contribution in [-0.2, 0) is 6.42 Å². The molecule has 0 atom stereocenters. The van der Waals surface area contributed by atoms with Crippen molar-refractivity contribution in [3.8, 4) is 0 Å². The molecule has 0 aliphatic rings. The first-order valence-electron chi connectivity index (χ1n) is 6.04. The van der Waals surface area contributed by atoms with Crippen LogP contribution in [0.4, 0.5) is 8.78 Å². The Bertz CT molecular complexity index is 410. The van der Waals surface area contributed by atoms with Crippen molar-refractivity contribution in [2.24, 2.45) is 4.99 Å². The van der Waals surface area contributed by atoms with Crippen LogP contribution < -0.4 is 10.6 Å². The number of aliphatic imine (C=N–C) groups is 1. The minimum Gasteiger partial charge on any atom is -0.356 e. The number of nitrogens with one attached hydrogen (secondary N) is 2. The van der Waals surface area contributed by atoms with E-state index in [0.717, 1.165) is 18.4 Å². The van der Waals surface area contributed by atoms with Crippen molar-refractivity contribution >= 4 is 41.7 Å². The molecule has 0 bridgehead atoms. The lowest BCUT2D eigenvalue weighted by atomic mass is 10.1. The van der Waals surface area contributed by atoms with Crippen LogP contribution in [0.3, 0.4) is 0 Å². The molecule has 0 fully saturated rings. The predicted octanol–water partition coefficient (Wildman–Crippen LogP) is 2.65. The SMILES string of the molecule is CN=C(NCCSC)NCCc1cc(F)cc(F)c1.I. The summed E-state index contributed by atoms with van der Waals surface area (Å²) in [6.07, 6.45) is 2.58. The van der Waals surface area contributed by atoms with Crippen molar-refractivity contribution in [1.29, 1.82) is 0 Å². The summed E-state index contributed by atoms with van der Waals surface area (Å²) in [5, 5.41) is 6.25. The van der Waals surface area contributed by atoms with Crippen LogP contribution in [0.2, 0.25) is 0 Å². The van der Waals surface area contributed by atoms with Crippen LogP contribution in [0.25, 0.3) is 0 Å². The third-order valence-electron chi connectivity index (χ3n) is 2.45. The number of guanidine groups is 1. The normalized spacial score (nSPS) is 10.9. The zero-order valence-electron chi connectivity index (χ0n) is 11.6. The number of benzene rings is 1. The smallest absolute Gasteiger partial charge is 0.191 e. The number of thioether (sulfide) groups is 1. The van der Waals surface area contributed by atoms with Crippen LogP contribution in [0, 0.1) is 11.6 Å². The van der Waals surface area contributed by atoms with Gasteiger partial charge in [-0.3, -0.25) is 4.99 Å². The van der Waals surface area contributed by atoms with Gasteiger partial charge in [0.15, 0.2) is 5.96 Å². The Balaban J connectivity index is 0.00000361. The van der Waals surface area contributed by atoms with Crippen molar-refractivity contribution in [2.45, 2.75) is 6.42 Å². The highest BCUT2D eigenvalue weighted by molar-refractivity contribution is 14.0. The molecule has 1 rings (SSSR count). The second kappa shape index (κ2) is 11.1. The lowest BCUT2D eigenvalue weighted by Gasteiger charge is -2.11. The van der Waals surface area contributed by atoms with Crippen molar-refractivity contribution < 1.29 is 8.78 Å². The molecule has 0 heterocycles. The minimum atomic E-state index is -0.544. The second-order valence-corrected chi connectivity index (χ2v) is 4.93. The predicted molar refractivity (Wildman–Crippen MR) is 93.2 cm³/mol. The highest BCUT2D eigenvalue weighted by Gasteiger charge is 2.01. The van der Waals surface area contributed by atoms with E-state index in [2.05, 4.69) is 15.6 Å². The molecule has 0 aliphatic heterocycles. The first kappa shape index (κ1) is 19.4. The van der Waals surface area contributed by atoms with Gasteiger partial charge in [0.1, 0.15) is 11.6 Å². The summed E-state index contributed by atoms with van der Waals surface area (Å²) in [7, 11) is 1.69. The summed E-state index contributed by atoms with van der Waals surface area (Å²) < 4.78 is 26.0. The molecule has 1 aromatic carbocycles. The van der Waals surface area contributed by atoms with E-state index in [1.54, 1.807) is 18.8 Å². The van der Waals surface area contributed by atoms with Crippen LogP contribution in [0.1, 0.15) is 5.56 Å². The largest absolute Gasteiger partial charge is 0.356 e. The maximum atomic E-state index is 13.0. The lowest BCUT2D eigenvalue weighted by molar-refractivity contribution is 0.579. The van der Waals surface area contributed by atoms with Gasteiger partial charge in [-0.25, -0.2) is 8.78 Å². The van der Waals surface area contributed by atoms with Crippen LogP contribution in [0.15, 0.2) is 23.2 Å². The van der Waals surface area contributed by atoms with E-state index in [9.17, 15) is 8.78 Å². The molecule has 2 N–H and O–H groups in total. The van der Waals surface area contributed by atoms with E-state index in [1.807, 2.05) is 6.26 Å². The van der Waals surface area contributed by atoms with Gasteiger partial charge in [-0.05, 0) is 30.4 Å². The van der Waals surface area contributed by atoms with Gasteiger partial charge in [0, 0.05) is 32.0 Å². The number of hydrogen-bond acceptors (Lipinski definition) is 2. The Labute approximate surface area is 140 Å². The molecule has 1 aromatic rings. The molecule has 3 nitrogen and oxygen atoms in total. The molecule has 20 heavy (non-hydrogen) atoms. The average molecular weight is 415 g/mol. The topological polar surface area (TPSA) is 36.4 Å². The van der Waals surface area contributed by atoms with E-state index in [0.29, 0.717) is 24.5 Å². The van der Waals surface area contributed by atoms with Gasteiger partial charge >= 0.3 is 0 Å². The van der Waals surface area contributed by atoms with E-state index >= 15 is 0 Å². The van der Waals surface area contributed by atoms with Crippen LogP contribution in [0.5, 0.6) is 0 Å². The Morgan fingerprint density at radius 1 is 1.15 bits per heavy atom. The number of nitrogens with zero attached hydrogens (tertiary/aromatic N) is 1. The van der Waals surface area contributed by atoms with Crippen molar-refractivity contribution in [3.05, 3.63) is 35.4 Å². The molecule has 0 unspecified atom stereocenters. The molecular weight excluding hydrogens is 395 g/mol. The quantitative estimate of drug-likeness (QED) is 0.325. The Morgan fingerprint density at radius 3 is 2.30 bits per heavy atom. The Hall–Kier alpha value is -0.570. The van der Waals surface area contributed by atoms with E-state index < -0.39 is 11.6 Å². The summed E-state index contributed by atoms with van der Waals surface area (Å²) in [5.74, 6) is 0.608. The van der Waals surface area contributed by atoms with Gasteiger partial charge < -0.3 is 10.6 Å². The minimum absolute atomic E-state index is 0. The van der Waals surface area contributed by atoms with E-state index in [4.69, 9.17) is 0 Å². The molecule has 0 aromatic heterocycles. The Morgan fingerprint density at radius 2 is 1.75 bits per heavy atom. The van der Waals surface area contributed by atoms with E-state index in [-0.39, 0.29) is 24.0 Å². The van der Waals surface area contributed by atoms with Gasteiger partial charge in [0.25, 0.3) is 0 Å². The van der Waals surface area contributed by atoms with Crippen LogP contribution >= 0.6 is 35.7 Å². The van der Waals surface area contributed by atoms with Gasteiger partial charge in [-0.15, -0.1) is 24.0 Å². The van der Waals surface area contributed by atoms with Crippen LogP contribution in [-0.4, -0.2) is 38.1 Å². The van der Waals surface area contributed by atoms with Gasteiger partial charge in [0.05, 0.1) is 0 Å². The molecule has 0 saturated heterocycles. The molecule has 0 saturated carbocycles. The fourth-order valence-electron chi connectivity index (χ4n) is 1.57. The molecule has 0 spiro atoms. The van der Waals surface area contributed by atoms with E-state index in [1.165, 1.54) is 12.1 Å². The molecule has 7 heteroatoms. The third-order valence-corrected chi connectivity index (χ3v) is 3.06. The molecule has 0 amide bonds. The zero-order valence-corrected chi connectivity index (χ0v) is 14.7. The number of rotatable bonds is 6. The van der Waals surface area contributed by atoms with Crippen molar-refractivity contribution in [2.75, 3.05) is 32.1 Å². The monoisotopic (exact) mass is 415 g/mol. The molecule has 114 valence electrons. The maximum absolute atomic E-state index is 13.0. The highest BCUT2D eigenvalue weighted by Crippen LogP contribution is 2.07.